The standard InChI is InChI=1S/C8H7ClF2N2O/c9-7(14)5-1-4(8(10)11)3-13-6(5)2-12/h1,3,8H,2,12H2. The van der Waals surface area contributed by atoms with Crippen molar-refractivity contribution < 1.29 is 13.6 Å². The molecule has 0 unspecified atom stereocenters. The summed E-state index contributed by atoms with van der Waals surface area (Å²) in [6, 6.07) is 1.01. The van der Waals surface area contributed by atoms with Crippen LogP contribution in [0.25, 0.3) is 0 Å². The van der Waals surface area contributed by atoms with Crippen molar-refractivity contribution in [3.05, 3.63) is 29.1 Å². The number of carbonyl (C=O) groups excluding carboxylic acids is 1. The number of hydrogen-bond acceptors (Lipinski definition) is 3. The van der Waals surface area contributed by atoms with Crippen LogP contribution in [0.5, 0.6) is 0 Å². The Morgan fingerprint density at radius 2 is 2.29 bits per heavy atom. The molecule has 0 bridgehead atoms. The minimum absolute atomic E-state index is 0.0166. The molecule has 0 spiro atoms. The summed E-state index contributed by atoms with van der Waals surface area (Å²) in [6.07, 6.45) is -1.69. The number of pyridine rings is 1. The van der Waals surface area contributed by atoms with E-state index in [4.69, 9.17) is 17.3 Å². The van der Waals surface area contributed by atoms with Gasteiger partial charge in [-0.2, -0.15) is 0 Å². The van der Waals surface area contributed by atoms with Crippen LogP contribution in [-0.4, -0.2) is 10.2 Å². The van der Waals surface area contributed by atoms with Gasteiger partial charge in [0.1, 0.15) is 0 Å². The fraction of sp³-hybridized carbons (Fsp3) is 0.250. The lowest BCUT2D eigenvalue weighted by molar-refractivity contribution is 0.107. The quantitative estimate of drug-likeness (QED) is 0.791. The molecule has 0 fully saturated rings. The van der Waals surface area contributed by atoms with Gasteiger partial charge >= 0.3 is 0 Å². The molecule has 0 aromatic carbocycles. The molecule has 3 nitrogen and oxygen atoms in total. The highest BCUT2D eigenvalue weighted by molar-refractivity contribution is 6.67. The Balaban J connectivity index is 3.21. The highest BCUT2D eigenvalue weighted by atomic mass is 35.5. The van der Waals surface area contributed by atoms with Crippen LogP contribution in [0, 0.1) is 0 Å². The molecule has 0 aliphatic rings. The Kier molecular flexibility index (Phi) is 3.49. The maximum absolute atomic E-state index is 12.2. The van der Waals surface area contributed by atoms with Crippen LogP contribution in [0.4, 0.5) is 8.78 Å². The molecule has 14 heavy (non-hydrogen) atoms. The summed E-state index contributed by atoms with van der Waals surface area (Å²) in [6.45, 7) is -0.0166. The van der Waals surface area contributed by atoms with Crippen LogP contribution in [0.3, 0.4) is 0 Å². The van der Waals surface area contributed by atoms with Gasteiger partial charge in [-0.1, -0.05) is 0 Å². The van der Waals surface area contributed by atoms with Gasteiger partial charge in [0.15, 0.2) is 0 Å². The largest absolute Gasteiger partial charge is 0.325 e. The Labute approximate surface area is 83.9 Å². The van der Waals surface area contributed by atoms with Crippen LogP contribution < -0.4 is 5.73 Å². The van der Waals surface area contributed by atoms with E-state index in [-0.39, 0.29) is 23.4 Å². The predicted molar refractivity (Wildman–Crippen MR) is 47.3 cm³/mol. The number of alkyl halides is 2. The van der Waals surface area contributed by atoms with Crippen molar-refractivity contribution in [1.82, 2.24) is 4.98 Å². The van der Waals surface area contributed by atoms with E-state index < -0.39 is 11.7 Å². The van der Waals surface area contributed by atoms with E-state index in [9.17, 15) is 13.6 Å². The molecule has 0 aliphatic carbocycles. The number of nitrogens with zero attached hydrogens (tertiary/aromatic N) is 1. The Morgan fingerprint density at radius 3 is 2.71 bits per heavy atom. The number of rotatable bonds is 3. The van der Waals surface area contributed by atoms with Gasteiger partial charge in [-0.15, -0.1) is 0 Å². The second-order valence-electron chi connectivity index (χ2n) is 2.54. The Morgan fingerprint density at radius 1 is 1.64 bits per heavy atom. The molecule has 76 valence electrons. The normalized spacial score (nSPS) is 10.6. The van der Waals surface area contributed by atoms with E-state index >= 15 is 0 Å². The van der Waals surface area contributed by atoms with Crippen LogP contribution in [0.15, 0.2) is 12.3 Å². The summed E-state index contributed by atoms with van der Waals surface area (Å²) in [4.78, 5) is 14.5. The second-order valence-corrected chi connectivity index (χ2v) is 2.88. The summed E-state index contributed by atoms with van der Waals surface area (Å²) in [5, 5.41) is -0.833. The Hall–Kier alpha value is -1.07. The zero-order valence-corrected chi connectivity index (χ0v) is 7.76. The molecule has 0 radical (unpaired) electrons. The number of hydrogen-bond donors (Lipinski definition) is 1. The van der Waals surface area contributed by atoms with Crippen molar-refractivity contribution in [3.63, 3.8) is 0 Å². The molecule has 0 saturated heterocycles. The molecule has 0 saturated carbocycles. The lowest BCUT2D eigenvalue weighted by atomic mass is 10.1. The van der Waals surface area contributed by atoms with Crippen molar-refractivity contribution in [1.29, 1.82) is 0 Å². The minimum atomic E-state index is -2.68. The van der Waals surface area contributed by atoms with Crippen LogP contribution in [0.1, 0.15) is 28.0 Å². The van der Waals surface area contributed by atoms with Crippen molar-refractivity contribution in [2.45, 2.75) is 13.0 Å². The summed E-state index contributed by atoms with van der Waals surface area (Å²) in [5.41, 5.74) is 5.07. The van der Waals surface area contributed by atoms with Gasteiger partial charge < -0.3 is 5.73 Å². The van der Waals surface area contributed by atoms with Gasteiger partial charge in [-0.05, 0) is 17.7 Å². The molecule has 0 aliphatic heterocycles. The first kappa shape index (κ1) is 11.0. The summed E-state index contributed by atoms with van der Waals surface area (Å²) >= 11 is 5.18. The lowest BCUT2D eigenvalue weighted by Gasteiger charge is -2.05. The molecule has 1 heterocycles. The van der Waals surface area contributed by atoms with E-state index in [2.05, 4.69) is 4.98 Å². The molecule has 1 rings (SSSR count). The maximum Gasteiger partial charge on any atom is 0.265 e. The van der Waals surface area contributed by atoms with E-state index in [0.29, 0.717) is 0 Å². The van der Waals surface area contributed by atoms with Gasteiger partial charge in [-0.25, -0.2) is 8.78 Å². The summed E-state index contributed by atoms with van der Waals surface area (Å²) in [7, 11) is 0. The lowest BCUT2D eigenvalue weighted by Crippen LogP contribution is -2.07. The summed E-state index contributed by atoms with van der Waals surface area (Å²) < 4.78 is 24.4. The van der Waals surface area contributed by atoms with E-state index in [0.717, 1.165) is 12.3 Å². The topological polar surface area (TPSA) is 56.0 Å². The van der Waals surface area contributed by atoms with Crippen molar-refractivity contribution >= 4 is 16.8 Å². The van der Waals surface area contributed by atoms with Crippen molar-refractivity contribution in [2.24, 2.45) is 5.73 Å². The Bertz CT molecular complexity index is 357. The molecule has 2 N–H and O–H groups in total. The number of aromatic nitrogens is 1. The molecule has 1 aromatic rings. The molecular weight excluding hydrogens is 214 g/mol. The van der Waals surface area contributed by atoms with Gasteiger partial charge in [0.05, 0.1) is 11.3 Å². The molecule has 1 aromatic heterocycles. The molecule has 0 atom stereocenters. The average molecular weight is 221 g/mol. The molecular formula is C8H7ClF2N2O. The first-order valence-corrected chi connectivity index (χ1v) is 4.11. The number of nitrogens with two attached hydrogens (primary N) is 1. The third-order valence-electron chi connectivity index (χ3n) is 1.65. The fourth-order valence-corrected chi connectivity index (χ4v) is 1.13. The van der Waals surface area contributed by atoms with Crippen molar-refractivity contribution in [3.8, 4) is 0 Å². The van der Waals surface area contributed by atoms with Crippen LogP contribution in [0.2, 0.25) is 0 Å². The molecule has 0 amide bonds. The zero-order valence-electron chi connectivity index (χ0n) is 7.01. The van der Waals surface area contributed by atoms with E-state index in [1.165, 1.54) is 0 Å². The maximum atomic E-state index is 12.2. The second kappa shape index (κ2) is 4.43. The third-order valence-corrected chi connectivity index (χ3v) is 1.85. The van der Waals surface area contributed by atoms with Crippen LogP contribution in [-0.2, 0) is 6.54 Å². The van der Waals surface area contributed by atoms with Gasteiger partial charge in [-0.3, -0.25) is 9.78 Å². The zero-order chi connectivity index (χ0) is 10.7. The third kappa shape index (κ3) is 2.24. The number of halogens is 3. The van der Waals surface area contributed by atoms with Gasteiger partial charge in [0.2, 0.25) is 0 Å². The van der Waals surface area contributed by atoms with E-state index in [1.807, 2.05) is 0 Å². The fourth-order valence-electron chi connectivity index (χ4n) is 0.961. The SMILES string of the molecule is NCc1ncc(C(F)F)cc1C(=O)Cl. The number of carbonyl (C=O) groups is 1. The monoisotopic (exact) mass is 220 g/mol. The predicted octanol–water partition coefficient (Wildman–Crippen LogP) is 1.86. The smallest absolute Gasteiger partial charge is 0.265 e. The van der Waals surface area contributed by atoms with Gasteiger partial charge in [0, 0.05) is 18.3 Å². The van der Waals surface area contributed by atoms with E-state index in [1.54, 1.807) is 0 Å². The average Bonchev–Trinajstić information content (AvgIpc) is 2.16. The van der Waals surface area contributed by atoms with Crippen molar-refractivity contribution in [2.75, 3.05) is 0 Å². The first-order chi connectivity index (χ1) is 6.56. The summed E-state index contributed by atoms with van der Waals surface area (Å²) in [5.74, 6) is 0. The molecule has 6 heteroatoms. The first-order valence-electron chi connectivity index (χ1n) is 3.73. The van der Waals surface area contributed by atoms with Gasteiger partial charge in [0.25, 0.3) is 11.7 Å². The highest BCUT2D eigenvalue weighted by Crippen LogP contribution is 2.20. The highest BCUT2D eigenvalue weighted by Gasteiger charge is 2.14. The minimum Gasteiger partial charge on any atom is -0.325 e. The van der Waals surface area contributed by atoms with Crippen LogP contribution >= 0.6 is 11.6 Å².